The Morgan fingerprint density at radius 3 is 2.12 bits per heavy atom. The summed E-state index contributed by atoms with van der Waals surface area (Å²) in [6, 6.07) is -0.114. The first-order chi connectivity index (χ1) is 7.82. The number of amides is 1. The lowest BCUT2D eigenvalue weighted by molar-refractivity contribution is -0.123. The molecule has 0 saturated carbocycles. The van der Waals surface area contributed by atoms with E-state index in [9.17, 15) is 9.90 Å². The van der Waals surface area contributed by atoms with Crippen LogP contribution in [0.4, 0.5) is 0 Å². The molecule has 0 radical (unpaired) electrons. The summed E-state index contributed by atoms with van der Waals surface area (Å²) in [5.41, 5.74) is 0.121. The molecule has 0 rings (SSSR count). The van der Waals surface area contributed by atoms with Gasteiger partial charge in [-0.15, -0.1) is 0 Å². The average molecular weight is 243 g/mol. The molecule has 102 valence electrons. The van der Waals surface area contributed by atoms with Crippen LogP contribution in [0.25, 0.3) is 0 Å². The third-order valence-electron chi connectivity index (χ3n) is 3.07. The fourth-order valence-corrected chi connectivity index (χ4v) is 2.03. The number of carbonyl (C=O) groups is 1. The highest BCUT2D eigenvalue weighted by molar-refractivity contribution is 5.76. The molecule has 0 spiro atoms. The van der Waals surface area contributed by atoms with Crippen molar-refractivity contribution in [1.29, 1.82) is 0 Å². The molecule has 1 amide bonds. The summed E-state index contributed by atoms with van der Waals surface area (Å²) < 4.78 is 0. The normalized spacial score (nSPS) is 13.8. The lowest BCUT2D eigenvalue weighted by Crippen LogP contribution is -2.40. The van der Waals surface area contributed by atoms with Crippen molar-refractivity contribution in [3.8, 4) is 0 Å². The Morgan fingerprint density at radius 2 is 1.76 bits per heavy atom. The molecule has 0 aromatic rings. The Bertz CT molecular complexity index is 217. The molecule has 0 aliphatic heterocycles. The quantitative estimate of drug-likeness (QED) is 0.722. The highest BCUT2D eigenvalue weighted by Gasteiger charge is 2.20. The van der Waals surface area contributed by atoms with Crippen molar-refractivity contribution < 1.29 is 9.90 Å². The van der Waals surface area contributed by atoms with E-state index in [0.717, 1.165) is 19.3 Å². The molecule has 0 fully saturated rings. The molecule has 0 bridgehead atoms. The Morgan fingerprint density at radius 1 is 1.24 bits per heavy atom. The topological polar surface area (TPSA) is 49.3 Å². The number of carbonyl (C=O) groups excluding carboxylic acids is 1. The molecule has 0 heterocycles. The Labute approximate surface area is 106 Å². The summed E-state index contributed by atoms with van der Waals surface area (Å²) in [7, 11) is 0. The summed E-state index contributed by atoms with van der Waals surface area (Å²) in [6.07, 6.45) is 3.45. The van der Waals surface area contributed by atoms with Crippen LogP contribution in [0, 0.1) is 11.3 Å². The van der Waals surface area contributed by atoms with Gasteiger partial charge in [0.1, 0.15) is 0 Å². The second kappa shape index (κ2) is 7.70. The van der Waals surface area contributed by atoms with Crippen LogP contribution >= 0.6 is 0 Å². The van der Waals surface area contributed by atoms with E-state index in [-0.39, 0.29) is 24.0 Å². The maximum atomic E-state index is 11.8. The van der Waals surface area contributed by atoms with Crippen LogP contribution in [-0.2, 0) is 4.79 Å². The first-order valence-corrected chi connectivity index (χ1v) is 6.72. The average Bonchev–Trinajstić information content (AvgIpc) is 2.23. The predicted octanol–water partition coefficient (Wildman–Crippen LogP) is 2.73. The Balaban J connectivity index is 4.15. The maximum absolute atomic E-state index is 11.8. The fraction of sp³-hybridized carbons (Fsp3) is 0.929. The monoisotopic (exact) mass is 243 g/mol. The lowest BCUT2D eigenvalue weighted by Gasteiger charge is -2.26. The van der Waals surface area contributed by atoms with E-state index >= 15 is 0 Å². The molecule has 0 aliphatic carbocycles. The second-order valence-corrected chi connectivity index (χ2v) is 6.10. The molecule has 1 unspecified atom stereocenters. The lowest BCUT2D eigenvalue weighted by atomic mass is 9.88. The molecule has 1 atom stereocenters. The minimum atomic E-state index is -0.114. The molecule has 2 N–H and O–H groups in total. The largest absolute Gasteiger partial charge is 0.394 e. The summed E-state index contributed by atoms with van der Waals surface area (Å²) in [6.45, 7) is 10.6. The van der Waals surface area contributed by atoms with E-state index in [1.165, 1.54) is 0 Å². The van der Waals surface area contributed by atoms with Crippen molar-refractivity contribution in [1.82, 2.24) is 5.32 Å². The highest BCUT2D eigenvalue weighted by atomic mass is 16.3. The smallest absolute Gasteiger partial charge is 0.220 e. The predicted molar refractivity (Wildman–Crippen MR) is 71.8 cm³/mol. The fourth-order valence-electron chi connectivity index (χ4n) is 2.03. The van der Waals surface area contributed by atoms with Crippen molar-refractivity contribution in [2.24, 2.45) is 11.3 Å². The summed E-state index contributed by atoms with van der Waals surface area (Å²) in [4.78, 5) is 11.8. The highest BCUT2D eigenvalue weighted by Crippen LogP contribution is 2.21. The van der Waals surface area contributed by atoms with Crippen molar-refractivity contribution >= 4 is 5.91 Å². The number of aliphatic hydroxyl groups excluding tert-OH is 1. The number of aliphatic hydroxyl groups is 1. The first kappa shape index (κ1) is 16.4. The van der Waals surface area contributed by atoms with Crippen LogP contribution in [-0.4, -0.2) is 23.7 Å². The van der Waals surface area contributed by atoms with Gasteiger partial charge in [-0.3, -0.25) is 4.79 Å². The van der Waals surface area contributed by atoms with Gasteiger partial charge >= 0.3 is 0 Å². The van der Waals surface area contributed by atoms with Crippen LogP contribution in [0.15, 0.2) is 0 Å². The van der Waals surface area contributed by atoms with E-state index in [2.05, 4.69) is 39.9 Å². The molecule has 0 aromatic heterocycles. The zero-order valence-electron chi connectivity index (χ0n) is 12.0. The zero-order valence-corrected chi connectivity index (χ0v) is 12.0. The molecule has 0 aliphatic rings. The van der Waals surface area contributed by atoms with Crippen LogP contribution in [0.3, 0.4) is 0 Å². The third kappa shape index (κ3) is 8.19. The summed E-state index contributed by atoms with van der Waals surface area (Å²) in [5, 5.41) is 12.2. The van der Waals surface area contributed by atoms with Gasteiger partial charge in [-0.05, 0) is 17.8 Å². The molecular formula is C14H29NO2. The first-order valence-electron chi connectivity index (χ1n) is 6.72. The maximum Gasteiger partial charge on any atom is 0.220 e. The van der Waals surface area contributed by atoms with Crippen molar-refractivity contribution in [3.63, 3.8) is 0 Å². The van der Waals surface area contributed by atoms with Gasteiger partial charge in [0.2, 0.25) is 5.91 Å². The van der Waals surface area contributed by atoms with Crippen LogP contribution in [0.2, 0.25) is 0 Å². The number of hydrogen-bond acceptors (Lipinski definition) is 2. The van der Waals surface area contributed by atoms with E-state index in [1.54, 1.807) is 0 Å². The van der Waals surface area contributed by atoms with Crippen molar-refractivity contribution in [2.75, 3.05) is 6.61 Å². The van der Waals surface area contributed by atoms with E-state index < -0.39 is 0 Å². The number of hydrogen-bond donors (Lipinski definition) is 2. The molecule has 0 saturated heterocycles. The molecule has 3 heteroatoms. The number of nitrogens with one attached hydrogen (secondary N) is 1. The minimum Gasteiger partial charge on any atom is -0.394 e. The summed E-state index contributed by atoms with van der Waals surface area (Å²) >= 11 is 0. The van der Waals surface area contributed by atoms with Crippen molar-refractivity contribution in [3.05, 3.63) is 0 Å². The number of rotatable bonds is 7. The third-order valence-corrected chi connectivity index (χ3v) is 3.07. The van der Waals surface area contributed by atoms with Crippen LogP contribution in [0.5, 0.6) is 0 Å². The van der Waals surface area contributed by atoms with Gasteiger partial charge < -0.3 is 10.4 Å². The summed E-state index contributed by atoms with van der Waals surface area (Å²) in [5.74, 6) is 0.533. The van der Waals surface area contributed by atoms with E-state index in [1.807, 2.05) is 0 Å². The second-order valence-electron chi connectivity index (χ2n) is 6.10. The van der Waals surface area contributed by atoms with Crippen LogP contribution in [0.1, 0.15) is 60.3 Å². The van der Waals surface area contributed by atoms with Gasteiger partial charge in [0, 0.05) is 6.42 Å². The Kier molecular flexibility index (Phi) is 7.44. The Hall–Kier alpha value is -0.570. The van der Waals surface area contributed by atoms with Gasteiger partial charge in [0.15, 0.2) is 0 Å². The SMILES string of the molecule is CCC(CC)CC(=O)NC(CO)CC(C)(C)C. The zero-order chi connectivity index (χ0) is 13.5. The van der Waals surface area contributed by atoms with Crippen molar-refractivity contribution in [2.45, 2.75) is 66.3 Å². The minimum absolute atomic E-state index is 0.0198. The molecule has 17 heavy (non-hydrogen) atoms. The van der Waals surface area contributed by atoms with Gasteiger partial charge in [0.05, 0.1) is 12.6 Å². The van der Waals surface area contributed by atoms with Gasteiger partial charge in [0.25, 0.3) is 0 Å². The van der Waals surface area contributed by atoms with Gasteiger partial charge in [-0.25, -0.2) is 0 Å². The van der Waals surface area contributed by atoms with Gasteiger partial charge in [-0.1, -0.05) is 47.5 Å². The molecular weight excluding hydrogens is 214 g/mol. The standard InChI is InChI=1S/C14H29NO2/c1-6-11(7-2)8-13(17)15-12(10-16)9-14(3,4)5/h11-12,16H,6-10H2,1-5H3,(H,15,17). The molecule has 0 aromatic carbocycles. The van der Waals surface area contributed by atoms with E-state index in [0.29, 0.717) is 12.3 Å². The van der Waals surface area contributed by atoms with E-state index in [4.69, 9.17) is 0 Å². The molecule has 3 nitrogen and oxygen atoms in total. The van der Waals surface area contributed by atoms with Gasteiger partial charge in [-0.2, -0.15) is 0 Å². The van der Waals surface area contributed by atoms with Crippen LogP contribution < -0.4 is 5.32 Å².